The van der Waals surface area contributed by atoms with E-state index >= 15 is 0 Å². The number of rotatable bonds is 9. The highest BCUT2D eigenvalue weighted by atomic mass is 16.7. The van der Waals surface area contributed by atoms with Gasteiger partial charge >= 0.3 is 5.97 Å². The van der Waals surface area contributed by atoms with E-state index in [0.717, 1.165) is 0 Å². The summed E-state index contributed by atoms with van der Waals surface area (Å²) in [7, 11) is 0. The molecule has 5 rings (SSSR count). The van der Waals surface area contributed by atoms with Crippen LogP contribution in [0.4, 0.5) is 0 Å². The molecule has 0 bridgehead atoms. The van der Waals surface area contributed by atoms with Gasteiger partial charge in [0.2, 0.25) is 0 Å². The number of fused-ring (bicyclic) bond motifs is 5. The van der Waals surface area contributed by atoms with Crippen molar-refractivity contribution in [2.75, 3.05) is 6.61 Å². The quantitative estimate of drug-likeness (QED) is 0.134. The minimum absolute atomic E-state index is 0.0124. The van der Waals surface area contributed by atoms with Gasteiger partial charge in [-0.25, -0.2) is 0 Å². The van der Waals surface area contributed by atoms with Gasteiger partial charge in [0.25, 0.3) is 0 Å². The number of carbonyl (C=O) groups excluding carboxylic acids is 2. The van der Waals surface area contributed by atoms with Crippen LogP contribution in [0, 0.1) is 28.6 Å². The molecule has 14 nitrogen and oxygen atoms in total. The monoisotopic (exact) mass is 700 g/mol. The predicted molar refractivity (Wildman–Crippen MR) is 170 cm³/mol. The second-order valence-corrected chi connectivity index (χ2v) is 16.6. The third-order valence-electron chi connectivity index (χ3n) is 13.2. The van der Waals surface area contributed by atoms with Crippen LogP contribution in [0.2, 0.25) is 0 Å². The maximum atomic E-state index is 13.6. The molecule has 0 amide bonds. The van der Waals surface area contributed by atoms with Crippen LogP contribution < -0.4 is 0 Å². The molecule has 0 aromatic heterocycles. The Morgan fingerprint density at radius 2 is 1.65 bits per heavy atom. The molecule has 16 atom stereocenters. The summed E-state index contributed by atoms with van der Waals surface area (Å²) in [4.78, 5) is 25.4. The average molecular weight is 701 g/mol. The summed E-state index contributed by atoms with van der Waals surface area (Å²) in [6, 6.07) is 0. The van der Waals surface area contributed by atoms with Crippen molar-refractivity contribution >= 4 is 11.8 Å². The van der Waals surface area contributed by atoms with Gasteiger partial charge in [0, 0.05) is 23.7 Å². The van der Waals surface area contributed by atoms with Gasteiger partial charge in [0.05, 0.1) is 36.1 Å². The fraction of sp³-hybridized carbons (Fsp3) is 0.886. The first-order valence-electron chi connectivity index (χ1n) is 17.5. The molecule has 1 saturated heterocycles. The third-order valence-corrected chi connectivity index (χ3v) is 13.2. The Balaban J connectivity index is 1.49. The summed E-state index contributed by atoms with van der Waals surface area (Å²) in [5, 5.41) is 99.0. The van der Waals surface area contributed by atoms with E-state index < -0.39 is 113 Å². The fourth-order valence-electron chi connectivity index (χ4n) is 10.3. The lowest BCUT2D eigenvalue weighted by atomic mass is 9.45. The van der Waals surface area contributed by atoms with Crippen LogP contribution in [-0.2, 0) is 23.8 Å². The highest BCUT2D eigenvalue weighted by Crippen LogP contribution is 2.68. The first kappa shape index (κ1) is 38.7. The standard InChI is InChI=1S/C35H56O14/c1-16(37)49-31(2,3)10-9-24(48-30-28(43)27(42)26(41)22(15-36)47-30)34(6,45)23-8-12-35(46)18-13-20(38)19-14-21(39)25(40)29(44)33(19,5)17(18)7-11-32(23,35)4/h13,17,19,21-30,36,39-46H,7-12,14-15H2,1-6H3. The zero-order valence-electron chi connectivity index (χ0n) is 29.2. The largest absolute Gasteiger partial charge is 0.460 e. The maximum Gasteiger partial charge on any atom is 0.303 e. The van der Waals surface area contributed by atoms with Gasteiger partial charge in [-0.05, 0) is 89.2 Å². The molecule has 4 aliphatic carbocycles. The summed E-state index contributed by atoms with van der Waals surface area (Å²) in [5.74, 6) is -2.77. The van der Waals surface area contributed by atoms with Crippen molar-refractivity contribution in [1.82, 2.24) is 0 Å². The van der Waals surface area contributed by atoms with Crippen LogP contribution in [0.3, 0.4) is 0 Å². The topological polar surface area (TPSA) is 244 Å². The van der Waals surface area contributed by atoms with Gasteiger partial charge in [-0.2, -0.15) is 0 Å². The lowest BCUT2D eigenvalue weighted by molar-refractivity contribution is -0.328. The van der Waals surface area contributed by atoms with Crippen molar-refractivity contribution in [3.05, 3.63) is 11.6 Å². The zero-order chi connectivity index (χ0) is 36.6. The number of carbonyl (C=O) groups is 2. The van der Waals surface area contributed by atoms with Crippen molar-refractivity contribution in [2.24, 2.45) is 28.6 Å². The molecule has 4 fully saturated rings. The number of allylic oxidation sites excluding steroid dienone is 1. The average Bonchev–Trinajstić information content (AvgIpc) is 3.30. The minimum atomic E-state index is -1.77. The molecule has 1 aliphatic heterocycles. The zero-order valence-corrected chi connectivity index (χ0v) is 29.2. The van der Waals surface area contributed by atoms with E-state index in [4.69, 9.17) is 14.2 Å². The van der Waals surface area contributed by atoms with Crippen LogP contribution >= 0.6 is 0 Å². The van der Waals surface area contributed by atoms with Gasteiger partial charge in [-0.15, -0.1) is 0 Å². The first-order chi connectivity index (χ1) is 22.6. The van der Waals surface area contributed by atoms with Gasteiger partial charge < -0.3 is 60.2 Å². The Labute approximate surface area is 286 Å². The second kappa shape index (κ2) is 13.1. The van der Waals surface area contributed by atoms with E-state index in [1.165, 1.54) is 13.0 Å². The predicted octanol–water partition coefficient (Wildman–Crippen LogP) is -0.780. The molecule has 0 spiro atoms. The van der Waals surface area contributed by atoms with Gasteiger partial charge in [0.15, 0.2) is 12.1 Å². The molecule has 5 aliphatic rings. The van der Waals surface area contributed by atoms with Crippen molar-refractivity contribution in [3.63, 3.8) is 0 Å². The Bertz CT molecular complexity index is 1300. The summed E-state index contributed by atoms with van der Waals surface area (Å²) in [6.45, 7) is 9.11. The highest BCUT2D eigenvalue weighted by Gasteiger charge is 2.70. The Hall–Kier alpha value is -1.56. The lowest BCUT2D eigenvalue weighted by Gasteiger charge is -2.62. The first-order valence-corrected chi connectivity index (χ1v) is 17.5. The molecule has 280 valence electrons. The molecule has 14 heteroatoms. The molecule has 16 unspecified atom stereocenters. The van der Waals surface area contributed by atoms with E-state index in [-0.39, 0.29) is 37.9 Å². The lowest BCUT2D eigenvalue weighted by Crippen LogP contribution is -2.67. The molecule has 1 heterocycles. The van der Waals surface area contributed by atoms with Crippen LogP contribution in [-0.4, -0.2) is 136 Å². The number of hydrogen-bond donors (Lipinski definition) is 9. The third kappa shape index (κ3) is 6.12. The molecule has 0 aromatic carbocycles. The van der Waals surface area contributed by atoms with Crippen molar-refractivity contribution in [2.45, 2.75) is 158 Å². The molecule has 0 aromatic rings. The number of ketones is 1. The van der Waals surface area contributed by atoms with Crippen molar-refractivity contribution in [3.8, 4) is 0 Å². The Morgan fingerprint density at radius 3 is 2.27 bits per heavy atom. The summed E-state index contributed by atoms with van der Waals surface area (Å²) in [5.41, 5.74) is -6.10. The van der Waals surface area contributed by atoms with Gasteiger partial charge in [0.1, 0.15) is 36.1 Å². The Morgan fingerprint density at radius 1 is 1.00 bits per heavy atom. The highest BCUT2D eigenvalue weighted by molar-refractivity contribution is 5.95. The van der Waals surface area contributed by atoms with E-state index in [9.17, 15) is 55.5 Å². The number of aliphatic hydroxyl groups excluding tert-OH is 7. The van der Waals surface area contributed by atoms with Crippen LogP contribution in [0.5, 0.6) is 0 Å². The van der Waals surface area contributed by atoms with E-state index in [1.54, 1.807) is 27.7 Å². The number of ether oxygens (including phenoxy) is 3. The second-order valence-electron chi connectivity index (χ2n) is 16.6. The summed E-state index contributed by atoms with van der Waals surface area (Å²) in [6.07, 6.45) is -10.3. The molecule has 49 heavy (non-hydrogen) atoms. The van der Waals surface area contributed by atoms with Crippen LogP contribution in [0.1, 0.15) is 86.5 Å². The molecule has 9 N–H and O–H groups in total. The summed E-state index contributed by atoms with van der Waals surface area (Å²) < 4.78 is 17.4. The van der Waals surface area contributed by atoms with Crippen LogP contribution in [0.25, 0.3) is 0 Å². The normalized spacial score (nSPS) is 47.3. The smallest absolute Gasteiger partial charge is 0.303 e. The molecule has 3 saturated carbocycles. The van der Waals surface area contributed by atoms with E-state index in [0.29, 0.717) is 18.4 Å². The van der Waals surface area contributed by atoms with E-state index in [1.807, 2.05) is 6.92 Å². The fourth-order valence-corrected chi connectivity index (χ4v) is 10.3. The summed E-state index contributed by atoms with van der Waals surface area (Å²) >= 11 is 0. The molecular formula is C35H56O14. The number of esters is 1. The van der Waals surface area contributed by atoms with Gasteiger partial charge in [-0.3, -0.25) is 9.59 Å². The number of hydrogen-bond acceptors (Lipinski definition) is 14. The van der Waals surface area contributed by atoms with Crippen LogP contribution in [0.15, 0.2) is 11.6 Å². The minimum Gasteiger partial charge on any atom is -0.460 e. The van der Waals surface area contributed by atoms with Crippen molar-refractivity contribution in [1.29, 1.82) is 0 Å². The number of aliphatic hydroxyl groups is 9. The Kier molecular flexibility index (Phi) is 10.4. The molecular weight excluding hydrogens is 644 g/mol. The van der Waals surface area contributed by atoms with Crippen molar-refractivity contribution < 1.29 is 69.8 Å². The maximum absolute atomic E-state index is 13.6. The molecule has 0 radical (unpaired) electrons. The van der Waals surface area contributed by atoms with Gasteiger partial charge in [-0.1, -0.05) is 13.8 Å². The SMILES string of the molecule is CC(=O)OC(C)(C)CCC(OC1OC(CO)C(O)C(O)C1O)C(C)(O)C1CCC2(O)C3=CC(=O)C4CC(O)C(O)C(O)C4(C)C3CCC12C. The van der Waals surface area contributed by atoms with E-state index in [2.05, 4.69) is 0 Å².